The van der Waals surface area contributed by atoms with E-state index in [-0.39, 0.29) is 22.5 Å². The van der Waals surface area contributed by atoms with E-state index in [4.69, 9.17) is 9.16 Å². The average Bonchev–Trinajstić information content (AvgIpc) is 2.43. The van der Waals surface area contributed by atoms with Crippen molar-refractivity contribution in [3.8, 4) is 0 Å². The summed E-state index contributed by atoms with van der Waals surface area (Å²) in [6.45, 7) is 15.1. The van der Waals surface area contributed by atoms with Crippen LogP contribution in [0.25, 0.3) is 0 Å². The quantitative estimate of drug-likeness (QED) is 0.388. The molecule has 1 aliphatic carbocycles. The maximum Gasteiger partial charge on any atom is 0.311 e. The largest absolute Gasteiger partial charge is 0.469 e. The topological polar surface area (TPSA) is 35.5 Å². The van der Waals surface area contributed by atoms with E-state index in [1.807, 2.05) is 6.08 Å². The van der Waals surface area contributed by atoms with Gasteiger partial charge in [0.25, 0.3) is 0 Å². The summed E-state index contributed by atoms with van der Waals surface area (Å²) < 4.78 is 12.0. The summed E-state index contributed by atoms with van der Waals surface area (Å²) in [5.74, 6) is -0.247. The molecule has 0 unspecified atom stereocenters. The van der Waals surface area contributed by atoms with Crippen LogP contribution in [0.3, 0.4) is 0 Å². The van der Waals surface area contributed by atoms with E-state index in [1.165, 1.54) is 7.11 Å². The summed E-state index contributed by atoms with van der Waals surface area (Å²) in [5, 5.41) is 0.131. The molecule has 0 amide bonds. The Kier molecular flexibility index (Phi) is 6.45. The van der Waals surface area contributed by atoms with Gasteiger partial charge in [-0.15, -0.1) is 6.58 Å². The Bertz CT molecular complexity index is 398. The molecule has 0 radical (unpaired) electrons. The van der Waals surface area contributed by atoms with Gasteiger partial charge in [0.05, 0.1) is 18.6 Å². The summed E-state index contributed by atoms with van der Waals surface area (Å²) in [6.07, 6.45) is 7.70. The standard InChI is InChI=1S/C18H34O3Si/c1-8-9-13-18(21-22(6,7)17(2,3)4)14-11-10-12-15(18)16(19)20-5/h8,15H,1,9-14H2,2-7H3/t15-,18-/m0/s1. The van der Waals surface area contributed by atoms with Gasteiger partial charge in [-0.05, 0) is 43.8 Å². The highest BCUT2D eigenvalue weighted by Gasteiger charge is 2.51. The lowest BCUT2D eigenvalue weighted by molar-refractivity contribution is -0.158. The van der Waals surface area contributed by atoms with Gasteiger partial charge >= 0.3 is 5.97 Å². The first-order chi connectivity index (χ1) is 10.1. The third kappa shape index (κ3) is 4.22. The minimum absolute atomic E-state index is 0.109. The second kappa shape index (κ2) is 7.31. The number of carbonyl (C=O) groups excluding carboxylic acids is 1. The van der Waals surface area contributed by atoms with Crippen LogP contribution in [0.2, 0.25) is 18.1 Å². The maximum absolute atomic E-state index is 12.4. The van der Waals surface area contributed by atoms with Crippen molar-refractivity contribution in [2.75, 3.05) is 7.11 Å². The van der Waals surface area contributed by atoms with Crippen LogP contribution in [0.1, 0.15) is 59.3 Å². The van der Waals surface area contributed by atoms with Gasteiger partial charge in [0, 0.05) is 0 Å². The van der Waals surface area contributed by atoms with Crippen LogP contribution in [-0.2, 0) is 14.0 Å². The van der Waals surface area contributed by atoms with Crippen LogP contribution in [-0.4, -0.2) is 27.0 Å². The number of esters is 1. The highest BCUT2D eigenvalue weighted by molar-refractivity contribution is 6.74. The Balaban J connectivity index is 3.16. The van der Waals surface area contributed by atoms with Crippen molar-refractivity contribution >= 4 is 14.3 Å². The fraction of sp³-hybridized carbons (Fsp3) is 0.833. The van der Waals surface area contributed by atoms with Crippen LogP contribution in [0.15, 0.2) is 12.7 Å². The zero-order valence-corrected chi connectivity index (χ0v) is 16.3. The normalized spacial score (nSPS) is 26.5. The Morgan fingerprint density at radius 2 is 2.00 bits per heavy atom. The second-order valence-corrected chi connectivity index (χ2v) is 12.8. The number of ether oxygens (including phenoxy) is 1. The fourth-order valence-electron chi connectivity index (χ4n) is 3.16. The first-order valence-electron chi connectivity index (χ1n) is 8.48. The smallest absolute Gasteiger partial charge is 0.311 e. The molecule has 0 spiro atoms. The van der Waals surface area contributed by atoms with E-state index >= 15 is 0 Å². The van der Waals surface area contributed by atoms with Gasteiger partial charge in [-0.3, -0.25) is 4.79 Å². The molecule has 4 heteroatoms. The molecule has 0 aliphatic heterocycles. The van der Waals surface area contributed by atoms with Crippen molar-refractivity contribution in [2.24, 2.45) is 5.92 Å². The SMILES string of the molecule is C=CCC[C@]1(O[Si](C)(C)C(C)(C)C)CCCC[C@H]1C(=O)OC. The molecule has 1 rings (SSSR count). The molecule has 22 heavy (non-hydrogen) atoms. The summed E-state index contributed by atoms with van der Waals surface area (Å²) >= 11 is 0. The predicted molar refractivity (Wildman–Crippen MR) is 94.4 cm³/mol. The molecule has 1 aliphatic rings. The molecule has 2 atom stereocenters. The van der Waals surface area contributed by atoms with E-state index < -0.39 is 8.32 Å². The van der Waals surface area contributed by atoms with Gasteiger partial charge in [-0.1, -0.05) is 39.7 Å². The van der Waals surface area contributed by atoms with Crippen LogP contribution in [0.4, 0.5) is 0 Å². The van der Waals surface area contributed by atoms with Crippen molar-refractivity contribution in [1.82, 2.24) is 0 Å². The van der Waals surface area contributed by atoms with E-state index in [0.29, 0.717) is 0 Å². The predicted octanol–water partition coefficient (Wildman–Crippen LogP) is 5.08. The van der Waals surface area contributed by atoms with Crippen LogP contribution in [0, 0.1) is 5.92 Å². The molecule has 3 nitrogen and oxygen atoms in total. The Labute approximate surface area is 137 Å². The lowest BCUT2D eigenvalue weighted by Crippen LogP contribution is -2.56. The lowest BCUT2D eigenvalue weighted by Gasteiger charge is -2.50. The first-order valence-corrected chi connectivity index (χ1v) is 11.4. The molecule has 0 bridgehead atoms. The number of rotatable bonds is 6. The van der Waals surface area contributed by atoms with Crippen LogP contribution >= 0.6 is 0 Å². The summed E-state index contributed by atoms with van der Waals surface area (Å²) in [4.78, 5) is 12.4. The van der Waals surface area contributed by atoms with E-state index in [0.717, 1.165) is 38.5 Å². The van der Waals surface area contributed by atoms with E-state index in [1.54, 1.807) is 0 Å². The number of hydrogen-bond donors (Lipinski definition) is 0. The monoisotopic (exact) mass is 326 g/mol. The Morgan fingerprint density at radius 1 is 1.36 bits per heavy atom. The van der Waals surface area contributed by atoms with Gasteiger partial charge in [0.15, 0.2) is 8.32 Å². The molecule has 1 saturated carbocycles. The number of allylic oxidation sites excluding steroid dienone is 1. The third-order valence-corrected chi connectivity index (χ3v) is 10.0. The van der Waals surface area contributed by atoms with E-state index in [9.17, 15) is 4.79 Å². The second-order valence-electron chi connectivity index (χ2n) is 8.08. The Morgan fingerprint density at radius 3 is 2.50 bits per heavy atom. The van der Waals surface area contributed by atoms with Crippen LogP contribution in [0.5, 0.6) is 0 Å². The number of methoxy groups -OCH3 is 1. The summed E-state index contributed by atoms with van der Waals surface area (Å²) in [7, 11) is -0.470. The summed E-state index contributed by atoms with van der Waals surface area (Å²) in [6, 6.07) is 0. The van der Waals surface area contributed by atoms with Crippen molar-refractivity contribution < 1.29 is 14.0 Å². The van der Waals surface area contributed by atoms with Gasteiger partial charge in [-0.25, -0.2) is 0 Å². The molecule has 128 valence electrons. The molecule has 0 saturated heterocycles. The Hall–Kier alpha value is -0.613. The molecular formula is C18H34O3Si. The average molecular weight is 327 g/mol. The highest BCUT2D eigenvalue weighted by atomic mass is 28.4. The molecule has 1 fully saturated rings. The lowest BCUT2D eigenvalue weighted by atomic mass is 9.73. The van der Waals surface area contributed by atoms with Gasteiger partial charge in [0.1, 0.15) is 0 Å². The third-order valence-electron chi connectivity index (χ3n) is 5.50. The molecule has 0 N–H and O–H groups in total. The van der Waals surface area contributed by atoms with E-state index in [2.05, 4.69) is 40.4 Å². The van der Waals surface area contributed by atoms with Gasteiger partial charge in [-0.2, -0.15) is 0 Å². The van der Waals surface area contributed by atoms with Crippen molar-refractivity contribution in [3.63, 3.8) is 0 Å². The van der Waals surface area contributed by atoms with Crippen molar-refractivity contribution in [2.45, 2.75) is 83.0 Å². The summed E-state index contributed by atoms with van der Waals surface area (Å²) in [5.41, 5.74) is -0.372. The molecule has 0 aromatic carbocycles. The van der Waals surface area contributed by atoms with Gasteiger partial charge < -0.3 is 9.16 Å². The maximum atomic E-state index is 12.4. The molecule has 0 aromatic heterocycles. The molecular weight excluding hydrogens is 292 g/mol. The van der Waals surface area contributed by atoms with Gasteiger partial charge in [0.2, 0.25) is 0 Å². The molecule has 0 aromatic rings. The number of hydrogen-bond acceptors (Lipinski definition) is 3. The van der Waals surface area contributed by atoms with Crippen molar-refractivity contribution in [3.05, 3.63) is 12.7 Å². The van der Waals surface area contributed by atoms with Crippen LogP contribution < -0.4 is 0 Å². The molecule has 0 heterocycles. The highest BCUT2D eigenvalue weighted by Crippen LogP contribution is 2.47. The zero-order chi connectivity index (χ0) is 17.0. The number of carbonyl (C=O) groups is 1. The zero-order valence-electron chi connectivity index (χ0n) is 15.3. The minimum Gasteiger partial charge on any atom is -0.469 e. The minimum atomic E-state index is -1.96. The van der Waals surface area contributed by atoms with Crippen molar-refractivity contribution in [1.29, 1.82) is 0 Å². The first kappa shape index (κ1) is 19.4. The fourth-order valence-corrected chi connectivity index (χ4v) is 4.83.